The molecule has 1 rings (SSSR count). The highest BCUT2D eigenvalue weighted by molar-refractivity contribution is 5.67. The number of hydrogen-bond acceptors (Lipinski definition) is 4. The molecule has 0 bridgehead atoms. The van der Waals surface area contributed by atoms with Gasteiger partial charge in [0.05, 0.1) is 0 Å². The summed E-state index contributed by atoms with van der Waals surface area (Å²) < 4.78 is 5.09. The molecular formula is C12H17N3O3. The largest absolute Gasteiger partial charge is 0.445 e. The van der Waals surface area contributed by atoms with Gasteiger partial charge in [0.1, 0.15) is 6.61 Å². The summed E-state index contributed by atoms with van der Waals surface area (Å²) in [5, 5.41) is 2.47. The first kappa shape index (κ1) is 13.8. The van der Waals surface area contributed by atoms with Gasteiger partial charge in [-0.25, -0.2) is 4.79 Å². The molecule has 98 valence electrons. The number of amides is 2. The Bertz CT molecular complexity index is 392. The van der Waals surface area contributed by atoms with Crippen molar-refractivity contribution in [3.63, 3.8) is 0 Å². The molecule has 1 aromatic carbocycles. The third-order valence-corrected chi connectivity index (χ3v) is 2.33. The van der Waals surface area contributed by atoms with Crippen LogP contribution in [0.25, 0.3) is 0 Å². The first-order valence-electron chi connectivity index (χ1n) is 5.53. The normalized spacial score (nSPS) is 9.61. The van der Waals surface area contributed by atoms with Crippen molar-refractivity contribution in [2.75, 3.05) is 25.9 Å². The number of ether oxygens (including phenoxy) is 1. The monoisotopic (exact) mass is 251 g/mol. The van der Waals surface area contributed by atoms with Crippen LogP contribution in [-0.4, -0.2) is 37.5 Å². The third kappa shape index (κ3) is 4.73. The highest BCUT2D eigenvalue weighted by Gasteiger charge is 2.09. The number of anilines is 1. The molecule has 0 spiro atoms. The number of likely N-dealkylation sites (N-methyl/N-ethyl adjacent to an activating group) is 1. The number of rotatable bonds is 6. The average molecular weight is 251 g/mol. The van der Waals surface area contributed by atoms with E-state index in [1.807, 2.05) is 0 Å². The van der Waals surface area contributed by atoms with Crippen molar-refractivity contribution < 1.29 is 14.3 Å². The summed E-state index contributed by atoms with van der Waals surface area (Å²) in [6.45, 7) is 1.00. The van der Waals surface area contributed by atoms with Crippen molar-refractivity contribution in [2.24, 2.45) is 0 Å². The van der Waals surface area contributed by atoms with Gasteiger partial charge in [0.25, 0.3) is 0 Å². The molecule has 18 heavy (non-hydrogen) atoms. The summed E-state index contributed by atoms with van der Waals surface area (Å²) in [4.78, 5) is 23.0. The molecule has 0 atom stereocenters. The molecular weight excluding hydrogens is 234 g/mol. The second kappa shape index (κ2) is 7.16. The summed E-state index contributed by atoms with van der Waals surface area (Å²) in [7, 11) is 1.61. The van der Waals surface area contributed by atoms with E-state index in [2.05, 4.69) is 5.32 Å². The van der Waals surface area contributed by atoms with Gasteiger partial charge in [-0.05, 0) is 17.7 Å². The van der Waals surface area contributed by atoms with Gasteiger partial charge in [-0.1, -0.05) is 12.1 Å². The van der Waals surface area contributed by atoms with E-state index in [0.717, 1.165) is 5.56 Å². The van der Waals surface area contributed by atoms with Gasteiger partial charge in [-0.2, -0.15) is 0 Å². The van der Waals surface area contributed by atoms with E-state index >= 15 is 0 Å². The molecule has 0 radical (unpaired) electrons. The molecule has 0 saturated carbocycles. The molecule has 6 nitrogen and oxygen atoms in total. The van der Waals surface area contributed by atoms with Crippen molar-refractivity contribution in [2.45, 2.75) is 6.61 Å². The lowest BCUT2D eigenvalue weighted by Crippen LogP contribution is -2.33. The molecule has 0 aliphatic carbocycles. The Labute approximate surface area is 106 Å². The Morgan fingerprint density at radius 3 is 2.72 bits per heavy atom. The molecule has 0 heterocycles. The standard InChI is InChI=1S/C12H17N3O3/c1-15(7-6-14-9-16)12(17)18-8-10-2-4-11(13)5-3-10/h2-5,9H,6-8,13H2,1H3,(H,14,16). The van der Waals surface area contributed by atoms with E-state index < -0.39 is 6.09 Å². The minimum Gasteiger partial charge on any atom is -0.445 e. The number of nitrogen functional groups attached to an aromatic ring is 1. The number of nitrogens with one attached hydrogen (secondary N) is 1. The lowest BCUT2D eigenvalue weighted by molar-refractivity contribution is -0.109. The van der Waals surface area contributed by atoms with Crippen LogP contribution in [0.4, 0.5) is 10.5 Å². The lowest BCUT2D eigenvalue weighted by Gasteiger charge is -2.16. The quantitative estimate of drug-likeness (QED) is 0.440. The molecule has 6 heteroatoms. The van der Waals surface area contributed by atoms with E-state index in [0.29, 0.717) is 25.2 Å². The number of nitrogens with two attached hydrogens (primary N) is 1. The summed E-state index contributed by atoms with van der Waals surface area (Å²) >= 11 is 0. The van der Waals surface area contributed by atoms with E-state index in [-0.39, 0.29) is 6.61 Å². The van der Waals surface area contributed by atoms with Gasteiger partial charge in [0.15, 0.2) is 0 Å². The lowest BCUT2D eigenvalue weighted by atomic mass is 10.2. The molecule has 3 N–H and O–H groups in total. The van der Waals surface area contributed by atoms with Crippen LogP contribution >= 0.6 is 0 Å². The summed E-state index contributed by atoms with van der Waals surface area (Å²) in [6.07, 6.45) is 0.160. The van der Waals surface area contributed by atoms with Crippen molar-refractivity contribution in [1.82, 2.24) is 10.2 Å². The fourth-order valence-electron chi connectivity index (χ4n) is 1.25. The molecule has 1 aromatic rings. The number of nitrogens with zero attached hydrogens (tertiary/aromatic N) is 1. The van der Waals surface area contributed by atoms with Crippen LogP contribution in [0, 0.1) is 0 Å². The third-order valence-electron chi connectivity index (χ3n) is 2.33. The van der Waals surface area contributed by atoms with E-state index in [1.54, 1.807) is 31.3 Å². The Balaban J connectivity index is 2.31. The Morgan fingerprint density at radius 2 is 2.11 bits per heavy atom. The fourth-order valence-corrected chi connectivity index (χ4v) is 1.25. The minimum atomic E-state index is -0.431. The second-order valence-corrected chi connectivity index (χ2v) is 3.79. The van der Waals surface area contributed by atoms with Crippen molar-refractivity contribution in [1.29, 1.82) is 0 Å². The molecule has 2 amide bonds. The topological polar surface area (TPSA) is 84.7 Å². The summed E-state index contributed by atoms with van der Waals surface area (Å²) in [5.74, 6) is 0. The first-order chi connectivity index (χ1) is 8.63. The Morgan fingerprint density at radius 1 is 1.44 bits per heavy atom. The average Bonchev–Trinajstić information content (AvgIpc) is 2.38. The number of carbonyl (C=O) groups is 2. The highest BCUT2D eigenvalue weighted by atomic mass is 16.6. The number of carbonyl (C=O) groups excluding carboxylic acids is 2. The van der Waals surface area contributed by atoms with Crippen LogP contribution in [0.15, 0.2) is 24.3 Å². The van der Waals surface area contributed by atoms with Gasteiger partial charge in [0, 0.05) is 25.8 Å². The van der Waals surface area contributed by atoms with Crippen LogP contribution in [0.3, 0.4) is 0 Å². The van der Waals surface area contributed by atoms with Gasteiger partial charge >= 0.3 is 6.09 Å². The molecule has 0 aliphatic rings. The SMILES string of the molecule is CN(CCNC=O)C(=O)OCc1ccc(N)cc1. The van der Waals surface area contributed by atoms with Gasteiger partial charge in [-0.15, -0.1) is 0 Å². The molecule has 0 saturated heterocycles. The van der Waals surface area contributed by atoms with E-state index in [4.69, 9.17) is 10.5 Å². The first-order valence-corrected chi connectivity index (χ1v) is 5.53. The Hall–Kier alpha value is -2.24. The van der Waals surface area contributed by atoms with Gasteiger partial charge < -0.3 is 20.7 Å². The van der Waals surface area contributed by atoms with E-state index in [1.165, 1.54) is 4.90 Å². The molecule has 0 aliphatic heterocycles. The van der Waals surface area contributed by atoms with Crippen LogP contribution in [0.1, 0.15) is 5.56 Å². The molecule has 0 aromatic heterocycles. The summed E-state index contributed by atoms with van der Waals surface area (Å²) in [5.41, 5.74) is 7.09. The minimum absolute atomic E-state index is 0.199. The Kier molecular flexibility index (Phi) is 5.50. The number of hydrogen-bond donors (Lipinski definition) is 2. The van der Waals surface area contributed by atoms with Crippen LogP contribution in [0.5, 0.6) is 0 Å². The zero-order valence-corrected chi connectivity index (χ0v) is 10.3. The van der Waals surface area contributed by atoms with Crippen LogP contribution in [0.2, 0.25) is 0 Å². The maximum atomic E-state index is 11.5. The predicted octanol–water partition coefficient (Wildman–Crippen LogP) is 0.583. The zero-order valence-electron chi connectivity index (χ0n) is 10.3. The van der Waals surface area contributed by atoms with Gasteiger partial charge in [0.2, 0.25) is 6.41 Å². The van der Waals surface area contributed by atoms with Crippen LogP contribution in [-0.2, 0) is 16.1 Å². The van der Waals surface area contributed by atoms with Crippen molar-refractivity contribution in [3.8, 4) is 0 Å². The maximum Gasteiger partial charge on any atom is 0.409 e. The van der Waals surface area contributed by atoms with Gasteiger partial charge in [-0.3, -0.25) is 4.79 Å². The smallest absolute Gasteiger partial charge is 0.409 e. The van der Waals surface area contributed by atoms with Crippen LogP contribution < -0.4 is 11.1 Å². The second-order valence-electron chi connectivity index (χ2n) is 3.79. The fraction of sp³-hybridized carbons (Fsp3) is 0.333. The van der Waals surface area contributed by atoms with Crippen molar-refractivity contribution >= 4 is 18.2 Å². The zero-order chi connectivity index (χ0) is 13.4. The molecule has 0 unspecified atom stereocenters. The predicted molar refractivity (Wildman–Crippen MR) is 67.7 cm³/mol. The van der Waals surface area contributed by atoms with Crippen molar-refractivity contribution in [3.05, 3.63) is 29.8 Å². The summed E-state index contributed by atoms with van der Waals surface area (Å²) in [6, 6.07) is 7.11. The maximum absolute atomic E-state index is 11.5. The molecule has 0 fully saturated rings. The van der Waals surface area contributed by atoms with E-state index in [9.17, 15) is 9.59 Å². The number of benzene rings is 1. The highest BCUT2D eigenvalue weighted by Crippen LogP contribution is 2.07.